The predicted octanol–water partition coefficient (Wildman–Crippen LogP) is 2.59. The lowest BCUT2D eigenvalue weighted by atomic mass is 10.2. The number of hydrogen-bond donors (Lipinski definition) is 3. The Kier molecular flexibility index (Phi) is 4.74. The van der Waals surface area contributed by atoms with Crippen LogP contribution in [0.15, 0.2) is 47.4 Å². The zero-order chi connectivity index (χ0) is 16.3. The van der Waals surface area contributed by atoms with Crippen LogP contribution in [0.4, 0.5) is 15.8 Å². The van der Waals surface area contributed by atoms with E-state index in [0.29, 0.717) is 5.69 Å². The maximum Gasteiger partial charge on any atom is 0.238 e. The van der Waals surface area contributed by atoms with Crippen LogP contribution in [0.1, 0.15) is 5.56 Å². The Morgan fingerprint density at radius 1 is 1.14 bits per heavy atom. The van der Waals surface area contributed by atoms with Crippen LogP contribution in [0, 0.1) is 12.7 Å². The smallest absolute Gasteiger partial charge is 0.238 e. The first-order valence-electron chi connectivity index (χ1n) is 6.23. The zero-order valence-corrected chi connectivity index (χ0v) is 13.3. The first-order valence-corrected chi connectivity index (χ1v) is 8.18. The molecule has 0 heterocycles. The summed E-state index contributed by atoms with van der Waals surface area (Å²) < 4.78 is 35.9. The van der Waals surface area contributed by atoms with Crippen molar-refractivity contribution in [3.63, 3.8) is 0 Å². The summed E-state index contributed by atoms with van der Waals surface area (Å²) in [5.41, 5.74) is 1.71. The summed E-state index contributed by atoms with van der Waals surface area (Å²) in [5.74, 6) is -0.417. The molecule has 8 heteroatoms. The van der Waals surface area contributed by atoms with Gasteiger partial charge in [0.1, 0.15) is 5.82 Å². The molecule has 0 aromatic heterocycles. The number of nitrogens with two attached hydrogens (primary N) is 1. The normalized spacial score (nSPS) is 11.0. The molecule has 0 spiro atoms. The van der Waals surface area contributed by atoms with Gasteiger partial charge < -0.3 is 10.6 Å². The molecule has 0 unspecified atom stereocenters. The van der Waals surface area contributed by atoms with Gasteiger partial charge in [-0.1, -0.05) is 6.07 Å². The van der Waals surface area contributed by atoms with Gasteiger partial charge in [-0.25, -0.2) is 17.9 Å². The molecule has 0 saturated carbocycles. The van der Waals surface area contributed by atoms with Gasteiger partial charge in [0.25, 0.3) is 0 Å². The van der Waals surface area contributed by atoms with E-state index in [0.717, 1.165) is 5.56 Å². The first kappa shape index (κ1) is 16.3. The molecule has 0 atom stereocenters. The van der Waals surface area contributed by atoms with E-state index in [1.807, 2.05) is 6.92 Å². The van der Waals surface area contributed by atoms with Crippen LogP contribution in [0.5, 0.6) is 0 Å². The standard InChI is InChI=1S/C14H14FN3O2S2/c1-9-2-7-12(15)13(8-9)18-14(21)17-10-3-5-11(6-4-10)22(16,19)20/h2-8H,1H3,(H2,16,19,20)(H2,17,18,21). The van der Waals surface area contributed by atoms with Gasteiger partial charge in [0, 0.05) is 5.69 Å². The SMILES string of the molecule is Cc1ccc(F)c(NC(=S)Nc2ccc(S(N)(=O)=O)cc2)c1. The Morgan fingerprint density at radius 2 is 1.77 bits per heavy atom. The highest BCUT2D eigenvalue weighted by molar-refractivity contribution is 7.89. The van der Waals surface area contributed by atoms with Gasteiger partial charge in [-0.2, -0.15) is 0 Å². The van der Waals surface area contributed by atoms with Gasteiger partial charge in [0.2, 0.25) is 10.0 Å². The Balaban J connectivity index is 2.07. The van der Waals surface area contributed by atoms with Crippen LogP contribution in [0.3, 0.4) is 0 Å². The van der Waals surface area contributed by atoms with Crippen LogP contribution in [-0.4, -0.2) is 13.5 Å². The number of primary sulfonamides is 1. The molecule has 0 bridgehead atoms. The van der Waals surface area contributed by atoms with E-state index in [-0.39, 0.29) is 15.7 Å². The first-order chi connectivity index (χ1) is 10.3. The fourth-order valence-electron chi connectivity index (χ4n) is 1.75. The third-order valence-electron chi connectivity index (χ3n) is 2.81. The molecule has 5 nitrogen and oxygen atoms in total. The summed E-state index contributed by atoms with van der Waals surface area (Å²) in [7, 11) is -3.73. The van der Waals surface area contributed by atoms with Crippen molar-refractivity contribution in [2.45, 2.75) is 11.8 Å². The monoisotopic (exact) mass is 339 g/mol. The second-order valence-electron chi connectivity index (χ2n) is 4.63. The Hall–Kier alpha value is -2.03. The number of benzene rings is 2. The average Bonchev–Trinajstić information content (AvgIpc) is 2.42. The molecule has 0 aliphatic rings. The molecule has 0 radical (unpaired) electrons. The molecular formula is C14H14FN3O2S2. The van der Waals surface area contributed by atoms with Crippen LogP contribution in [0.25, 0.3) is 0 Å². The molecule has 0 saturated heterocycles. The molecule has 0 fully saturated rings. The van der Waals surface area contributed by atoms with Crippen molar-refractivity contribution in [3.05, 3.63) is 53.8 Å². The topological polar surface area (TPSA) is 84.2 Å². The molecule has 116 valence electrons. The van der Waals surface area contributed by atoms with E-state index in [2.05, 4.69) is 10.6 Å². The fraction of sp³-hybridized carbons (Fsp3) is 0.0714. The minimum Gasteiger partial charge on any atom is -0.332 e. The highest BCUT2D eigenvalue weighted by Crippen LogP contribution is 2.17. The number of thiocarbonyl (C=S) groups is 1. The van der Waals surface area contributed by atoms with Gasteiger partial charge in [-0.15, -0.1) is 0 Å². The Labute approximate surface area is 133 Å². The number of nitrogens with one attached hydrogen (secondary N) is 2. The van der Waals surface area contributed by atoms with E-state index in [4.69, 9.17) is 17.4 Å². The molecule has 22 heavy (non-hydrogen) atoms. The molecule has 0 aliphatic carbocycles. The molecule has 2 aromatic rings. The molecular weight excluding hydrogens is 325 g/mol. The van der Waals surface area contributed by atoms with E-state index in [9.17, 15) is 12.8 Å². The third kappa shape index (κ3) is 4.23. The summed E-state index contributed by atoms with van der Waals surface area (Å²) in [4.78, 5) is 0.00153. The van der Waals surface area contributed by atoms with Crippen molar-refractivity contribution in [2.24, 2.45) is 5.14 Å². The zero-order valence-electron chi connectivity index (χ0n) is 11.6. The van der Waals surface area contributed by atoms with Crippen molar-refractivity contribution >= 4 is 38.7 Å². The van der Waals surface area contributed by atoms with Crippen molar-refractivity contribution in [1.82, 2.24) is 0 Å². The van der Waals surface area contributed by atoms with Crippen LogP contribution < -0.4 is 15.8 Å². The third-order valence-corrected chi connectivity index (χ3v) is 3.94. The number of sulfonamides is 1. The highest BCUT2D eigenvalue weighted by atomic mass is 32.2. The van der Waals surface area contributed by atoms with Crippen molar-refractivity contribution in [2.75, 3.05) is 10.6 Å². The van der Waals surface area contributed by atoms with E-state index in [1.54, 1.807) is 12.1 Å². The van der Waals surface area contributed by atoms with Gasteiger partial charge in [0.15, 0.2) is 5.11 Å². The highest BCUT2D eigenvalue weighted by Gasteiger charge is 2.08. The lowest BCUT2D eigenvalue weighted by Gasteiger charge is -2.12. The summed E-state index contributed by atoms with van der Waals surface area (Å²) in [6.45, 7) is 1.84. The van der Waals surface area contributed by atoms with Crippen molar-refractivity contribution < 1.29 is 12.8 Å². The molecule has 2 rings (SSSR count). The number of hydrogen-bond acceptors (Lipinski definition) is 3. The Morgan fingerprint density at radius 3 is 2.36 bits per heavy atom. The van der Waals surface area contributed by atoms with Crippen LogP contribution in [-0.2, 0) is 10.0 Å². The number of rotatable bonds is 3. The van der Waals surface area contributed by atoms with Gasteiger partial charge in [-0.05, 0) is 61.1 Å². The molecule has 4 N–H and O–H groups in total. The van der Waals surface area contributed by atoms with Crippen LogP contribution in [0.2, 0.25) is 0 Å². The second kappa shape index (κ2) is 6.39. The lowest BCUT2D eigenvalue weighted by molar-refractivity contribution is 0.598. The summed E-state index contributed by atoms with van der Waals surface area (Å²) >= 11 is 5.10. The second-order valence-corrected chi connectivity index (χ2v) is 6.60. The fourth-order valence-corrected chi connectivity index (χ4v) is 2.49. The van der Waals surface area contributed by atoms with Crippen molar-refractivity contribution in [1.29, 1.82) is 0 Å². The average molecular weight is 339 g/mol. The van der Waals surface area contributed by atoms with Gasteiger partial charge >= 0.3 is 0 Å². The number of anilines is 2. The maximum atomic E-state index is 13.6. The number of aryl methyl sites for hydroxylation is 1. The molecule has 0 aliphatic heterocycles. The molecule has 0 amide bonds. The largest absolute Gasteiger partial charge is 0.332 e. The minimum absolute atomic E-state index is 0.00153. The lowest BCUT2D eigenvalue weighted by Crippen LogP contribution is -2.20. The predicted molar refractivity (Wildman–Crippen MR) is 88.8 cm³/mol. The quantitative estimate of drug-likeness (QED) is 0.749. The number of halogens is 1. The Bertz CT molecular complexity index is 805. The van der Waals surface area contributed by atoms with Crippen LogP contribution >= 0.6 is 12.2 Å². The summed E-state index contributed by atoms with van der Waals surface area (Å²) in [6, 6.07) is 10.4. The summed E-state index contributed by atoms with van der Waals surface area (Å²) in [5, 5.41) is 10.8. The van der Waals surface area contributed by atoms with E-state index < -0.39 is 15.8 Å². The maximum absolute atomic E-state index is 13.6. The van der Waals surface area contributed by atoms with E-state index >= 15 is 0 Å². The van der Waals surface area contributed by atoms with E-state index in [1.165, 1.54) is 30.3 Å². The molecule has 2 aromatic carbocycles. The summed E-state index contributed by atoms with van der Waals surface area (Å²) in [6.07, 6.45) is 0. The van der Waals surface area contributed by atoms with Crippen molar-refractivity contribution in [3.8, 4) is 0 Å². The minimum atomic E-state index is -3.73. The van der Waals surface area contributed by atoms with Gasteiger partial charge in [-0.3, -0.25) is 0 Å². The van der Waals surface area contributed by atoms with Gasteiger partial charge in [0.05, 0.1) is 10.6 Å².